The topological polar surface area (TPSA) is 215 Å². The van der Waals surface area contributed by atoms with E-state index in [4.69, 9.17) is 5.73 Å². The monoisotopic (exact) mass is 593 g/mol. The largest absolute Gasteiger partial charge is 0.508 e. The molecule has 2 aromatic carbocycles. The van der Waals surface area contributed by atoms with Crippen molar-refractivity contribution in [2.45, 2.75) is 62.7 Å². The van der Waals surface area contributed by atoms with Crippen LogP contribution in [-0.2, 0) is 36.8 Å². The van der Waals surface area contributed by atoms with Gasteiger partial charge in [0.15, 0.2) is 0 Å². The Morgan fingerprint density at radius 2 is 1.65 bits per heavy atom. The average Bonchev–Trinajstić information content (AvgIpc) is 3.63. The lowest BCUT2D eigenvalue weighted by molar-refractivity contribution is -0.150. The molecule has 1 aliphatic heterocycles. The van der Waals surface area contributed by atoms with Gasteiger partial charge in [-0.25, -0.2) is 4.79 Å². The zero-order valence-electron chi connectivity index (χ0n) is 23.4. The van der Waals surface area contributed by atoms with Gasteiger partial charge in [-0.05, 0) is 55.0 Å². The number of phenols is 1. The standard InChI is InChI=1S/C30H35N5O8/c31-21(15-18-16-32-22-5-2-1-4-20(18)22)27(39)34-24(14-17-7-9-19(36)10-8-17)28(40)33-23(11-12-26(37)38)29(41)35-13-3-6-25(35)30(42)43/h1-2,4-5,7-10,16,21,23-25,32,36H,3,6,11-15,31H2,(H,33,40)(H,34,39)(H,37,38)(H,42,43). The minimum Gasteiger partial charge on any atom is -0.508 e. The number of carboxylic acids is 2. The van der Waals surface area contributed by atoms with Crippen LogP contribution in [0.5, 0.6) is 5.75 Å². The number of aliphatic carboxylic acids is 2. The molecule has 1 aromatic heterocycles. The summed E-state index contributed by atoms with van der Waals surface area (Å²) in [4.78, 5) is 67.5. The average molecular weight is 594 g/mol. The SMILES string of the molecule is NC(Cc1c[nH]c2ccccc12)C(=O)NC(Cc1ccc(O)cc1)C(=O)NC(CCC(=O)O)C(=O)N1CCCC1C(=O)O. The van der Waals surface area contributed by atoms with Crippen molar-refractivity contribution >= 4 is 40.6 Å². The number of H-pyrrole nitrogens is 1. The number of phenolic OH excluding ortho intramolecular Hbond substituents is 1. The van der Waals surface area contributed by atoms with E-state index in [-0.39, 0.29) is 38.0 Å². The summed E-state index contributed by atoms with van der Waals surface area (Å²) in [6.45, 7) is 0.158. The van der Waals surface area contributed by atoms with Gasteiger partial charge in [0.1, 0.15) is 23.9 Å². The van der Waals surface area contributed by atoms with E-state index in [0.717, 1.165) is 21.4 Å². The van der Waals surface area contributed by atoms with Crippen molar-refractivity contribution < 1.29 is 39.3 Å². The van der Waals surface area contributed by atoms with Crippen molar-refractivity contribution in [2.75, 3.05) is 6.54 Å². The van der Waals surface area contributed by atoms with Crippen LogP contribution in [0.4, 0.5) is 0 Å². The summed E-state index contributed by atoms with van der Waals surface area (Å²) in [5.74, 6) is -4.47. The lowest BCUT2D eigenvalue weighted by atomic mass is 10.0. The second-order valence-corrected chi connectivity index (χ2v) is 10.6. The number of nitrogens with zero attached hydrogens (tertiary/aromatic N) is 1. The minimum atomic E-state index is -1.33. The number of benzene rings is 2. The Balaban J connectivity index is 1.53. The lowest BCUT2D eigenvalue weighted by Crippen LogP contribution is -2.57. The Labute approximate surface area is 247 Å². The number of para-hydroxylation sites is 1. The van der Waals surface area contributed by atoms with Gasteiger partial charge in [-0.3, -0.25) is 19.2 Å². The van der Waals surface area contributed by atoms with Crippen LogP contribution in [0.25, 0.3) is 10.9 Å². The first-order valence-electron chi connectivity index (χ1n) is 14.0. The number of nitrogens with one attached hydrogen (secondary N) is 3. The number of aromatic amines is 1. The summed E-state index contributed by atoms with van der Waals surface area (Å²) >= 11 is 0. The van der Waals surface area contributed by atoms with Crippen molar-refractivity contribution in [3.05, 3.63) is 65.9 Å². The maximum Gasteiger partial charge on any atom is 0.326 e. The number of hydrogen-bond acceptors (Lipinski definition) is 7. The Morgan fingerprint density at radius 3 is 2.35 bits per heavy atom. The minimum absolute atomic E-state index is 0.00691. The maximum atomic E-state index is 13.6. The number of carbonyl (C=O) groups excluding carboxylic acids is 3. The van der Waals surface area contributed by atoms with Gasteiger partial charge in [0.2, 0.25) is 17.7 Å². The number of carbonyl (C=O) groups is 5. The molecule has 0 spiro atoms. The number of carboxylic acid groups (broad SMARTS) is 2. The molecular weight excluding hydrogens is 558 g/mol. The Kier molecular flexibility index (Phi) is 9.99. The number of aromatic hydroxyl groups is 1. The highest BCUT2D eigenvalue weighted by Gasteiger charge is 2.38. The van der Waals surface area contributed by atoms with E-state index in [2.05, 4.69) is 15.6 Å². The fourth-order valence-electron chi connectivity index (χ4n) is 5.27. The number of rotatable bonds is 13. The Morgan fingerprint density at radius 1 is 0.953 bits per heavy atom. The van der Waals surface area contributed by atoms with E-state index in [1.54, 1.807) is 18.3 Å². The van der Waals surface area contributed by atoms with Crippen molar-refractivity contribution in [3.63, 3.8) is 0 Å². The molecule has 4 rings (SSSR count). The third-order valence-electron chi connectivity index (χ3n) is 7.54. The third-order valence-corrected chi connectivity index (χ3v) is 7.54. The second-order valence-electron chi connectivity index (χ2n) is 10.6. The summed E-state index contributed by atoms with van der Waals surface area (Å²) in [7, 11) is 0. The number of hydrogen-bond donors (Lipinski definition) is 7. The van der Waals surface area contributed by atoms with E-state index >= 15 is 0 Å². The van der Waals surface area contributed by atoms with Crippen LogP contribution in [0.1, 0.15) is 36.8 Å². The van der Waals surface area contributed by atoms with Gasteiger partial charge in [0, 0.05) is 36.5 Å². The molecule has 13 heteroatoms. The van der Waals surface area contributed by atoms with Crippen LogP contribution in [0.2, 0.25) is 0 Å². The zero-order chi connectivity index (χ0) is 31.1. The normalized spacial score (nSPS) is 16.8. The van der Waals surface area contributed by atoms with E-state index in [9.17, 15) is 39.3 Å². The molecule has 4 atom stereocenters. The van der Waals surface area contributed by atoms with Gasteiger partial charge in [-0.15, -0.1) is 0 Å². The summed E-state index contributed by atoms with van der Waals surface area (Å²) in [5, 5.41) is 34.6. The number of aromatic nitrogens is 1. The molecule has 3 aromatic rings. The molecule has 13 nitrogen and oxygen atoms in total. The molecule has 1 saturated heterocycles. The third kappa shape index (κ3) is 7.89. The molecule has 2 heterocycles. The molecule has 0 saturated carbocycles. The summed E-state index contributed by atoms with van der Waals surface area (Å²) < 4.78 is 0. The van der Waals surface area contributed by atoms with Crippen LogP contribution < -0.4 is 16.4 Å². The molecule has 1 fully saturated rings. The first kappa shape index (κ1) is 31.0. The van der Waals surface area contributed by atoms with Gasteiger partial charge in [0.05, 0.1) is 6.04 Å². The highest BCUT2D eigenvalue weighted by molar-refractivity contribution is 5.95. The van der Waals surface area contributed by atoms with Crippen LogP contribution in [-0.4, -0.2) is 85.6 Å². The van der Waals surface area contributed by atoms with E-state index in [0.29, 0.717) is 12.0 Å². The number of likely N-dealkylation sites (tertiary alicyclic amines) is 1. The van der Waals surface area contributed by atoms with Crippen molar-refractivity contribution in [1.29, 1.82) is 0 Å². The molecule has 1 aliphatic rings. The first-order valence-corrected chi connectivity index (χ1v) is 14.0. The Bertz CT molecular complexity index is 1490. The molecule has 43 heavy (non-hydrogen) atoms. The highest BCUT2D eigenvalue weighted by atomic mass is 16.4. The highest BCUT2D eigenvalue weighted by Crippen LogP contribution is 2.21. The maximum absolute atomic E-state index is 13.6. The predicted octanol–water partition coefficient (Wildman–Crippen LogP) is 0.896. The number of amides is 3. The lowest BCUT2D eigenvalue weighted by Gasteiger charge is -2.29. The van der Waals surface area contributed by atoms with Crippen molar-refractivity contribution in [2.24, 2.45) is 5.73 Å². The van der Waals surface area contributed by atoms with Gasteiger partial charge in [0.25, 0.3) is 0 Å². The van der Waals surface area contributed by atoms with Gasteiger partial charge < -0.3 is 41.6 Å². The molecular formula is C30H35N5O8. The molecule has 4 unspecified atom stereocenters. The van der Waals surface area contributed by atoms with Crippen LogP contribution in [0.3, 0.4) is 0 Å². The molecule has 0 bridgehead atoms. The molecule has 228 valence electrons. The van der Waals surface area contributed by atoms with Crippen LogP contribution >= 0.6 is 0 Å². The fourth-order valence-corrected chi connectivity index (χ4v) is 5.27. The predicted molar refractivity (Wildman–Crippen MR) is 155 cm³/mol. The van der Waals surface area contributed by atoms with Gasteiger partial charge >= 0.3 is 11.9 Å². The molecule has 8 N–H and O–H groups in total. The molecule has 0 aliphatic carbocycles. The van der Waals surface area contributed by atoms with Crippen LogP contribution in [0, 0.1) is 0 Å². The summed E-state index contributed by atoms with van der Waals surface area (Å²) in [5.41, 5.74) is 8.53. The Hall–Kier alpha value is -4.91. The van der Waals surface area contributed by atoms with Crippen molar-refractivity contribution in [3.8, 4) is 5.75 Å². The fraction of sp³-hybridized carbons (Fsp3) is 0.367. The molecule has 0 radical (unpaired) electrons. The van der Waals surface area contributed by atoms with Crippen LogP contribution in [0.15, 0.2) is 54.7 Å². The van der Waals surface area contributed by atoms with E-state index in [1.807, 2.05) is 24.3 Å². The number of fused-ring (bicyclic) bond motifs is 1. The summed E-state index contributed by atoms with van der Waals surface area (Å²) in [6.07, 6.45) is 1.88. The summed E-state index contributed by atoms with van der Waals surface area (Å²) in [6, 6.07) is 8.87. The number of nitrogens with two attached hydrogens (primary N) is 1. The second kappa shape index (κ2) is 13.8. The van der Waals surface area contributed by atoms with Gasteiger partial charge in [-0.1, -0.05) is 30.3 Å². The van der Waals surface area contributed by atoms with Crippen molar-refractivity contribution in [1.82, 2.24) is 20.5 Å². The van der Waals surface area contributed by atoms with E-state index < -0.39 is 60.2 Å². The quantitative estimate of drug-likeness (QED) is 0.150. The molecule has 3 amide bonds. The van der Waals surface area contributed by atoms with Gasteiger partial charge in [-0.2, -0.15) is 0 Å². The first-order chi connectivity index (χ1) is 20.5. The smallest absolute Gasteiger partial charge is 0.326 e. The zero-order valence-corrected chi connectivity index (χ0v) is 23.4. The van der Waals surface area contributed by atoms with E-state index in [1.165, 1.54) is 12.1 Å².